The SMILES string of the molecule is CCOC(=O)CSCC(=O)N1N=C(c2ccc(Br)cc2)C[C@@H]1c1ccc(F)cc1. The summed E-state index contributed by atoms with van der Waals surface area (Å²) in [5, 5.41) is 6.01. The van der Waals surface area contributed by atoms with E-state index in [0.717, 1.165) is 21.3 Å². The number of nitrogens with zero attached hydrogens (tertiary/aromatic N) is 2. The van der Waals surface area contributed by atoms with Gasteiger partial charge in [-0.05, 0) is 42.3 Å². The Hall–Kier alpha value is -2.19. The highest BCUT2D eigenvalue weighted by atomic mass is 79.9. The van der Waals surface area contributed by atoms with E-state index >= 15 is 0 Å². The first kappa shape index (κ1) is 21.5. The predicted molar refractivity (Wildman–Crippen MR) is 115 cm³/mol. The van der Waals surface area contributed by atoms with Crippen LogP contribution in [0.15, 0.2) is 58.1 Å². The number of benzene rings is 2. The zero-order chi connectivity index (χ0) is 20.8. The third-order valence-corrected chi connectivity index (χ3v) is 5.77. The van der Waals surface area contributed by atoms with Gasteiger partial charge in [0.15, 0.2) is 0 Å². The van der Waals surface area contributed by atoms with E-state index < -0.39 is 0 Å². The molecule has 1 aliphatic rings. The lowest BCUT2D eigenvalue weighted by molar-refractivity contribution is -0.139. The lowest BCUT2D eigenvalue weighted by Crippen LogP contribution is -2.29. The fourth-order valence-corrected chi connectivity index (χ4v) is 3.92. The van der Waals surface area contributed by atoms with Crippen LogP contribution in [0.1, 0.15) is 30.5 Å². The van der Waals surface area contributed by atoms with Crippen LogP contribution in [0.3, 0.4) is 0 Å². The average Bonchev–Trinajstić information content (AvgIpc) is 3.15. The van der Waals surface area contributed by atoms with Crippen molar-refractivity contribution in [3.05, 3.63) is 69.9 Å². The van der Waals surface area contributed by atoms with Gasteiger partial charge in [0.05, 0.1) is 29.9 Å². The van der Waals surface area contributed by atoms with Crippen molar-refractivity contribution in [2.24, 2.45) is 5.10 Å². The van der Waals surface area contributed by atoms with Gasteiger partial charge in [0.25, 0.3) is 5.91 Å². The van der Waals surface area contributed by atoms with E-state index in [1.54, 1.807) is 19.1 Å². The topological polar surface area (TPSA) is 59.0 Å². The van der Waals surface area contributed by atoms with Gasteiger partial charge < -0.3 is 4.74 Å². The number of esters is 1. The van der Waals surface area contributed by atoms with Crippen molar-refractivity contribution in [3.63, 3.8) is 0 Å². The van der Waals surface area contributed by atoms with Crippen molar-refractivity contribution in [3.8, 4) is 0 Å². The minimum atomic E-state index is -0.346. The van der Waals surface area contributed by atoms with Gasteiger partial charge in [0.1, 0.15) is 5.82 Å². The van der Waals surface area contributed by atoms with Gasteiger partial charge in [-0.1, -0.05) is 40.2 Å². The zero-order valence-electron chi connectivity index (χ0n) is 15.8. The lowest BCUT2D eigenvalue weighted by atomic mass is 9.98. The molecule has 0 aliphatic carbocycles. The zero-order valence-corrected chi connectivity index (χ0v) is 18.2. The smallest absolute Gasteiger partial charge is 0.315 e. The van der Waals surface area contributed by atoms with Gasteiger partial charge in [0, 0.05) is 10.9 Å². The Morgan fingerprint density at radius 2 is 1.86 bits per heavy atom. The molecule has 2 aromatic carbocycles. The maximum absolute atomic E-state index is 13.4. The molecule has 1 amide bonds. The standard InChI is InChI=1S/C21H20BrFN2O3S/c1-2-28-21(27)13-29-12-20(26)25-19(15-5-9-17(23)10-6-15)11-18(24-25)14-3-7-16(22)8-4-14/h3-10,19H,2,11-13H2,1H3/t19-/m1/s1. The van der Waals surface area contributed by atoms with Crippen molar-refractivity contribution in [1.82, 2.24) is 5.01 Å². The summed E-state index contributed by atoms with van der Waals surface area (Å²) in [6, 6.07) is 13.5. The first-order valence-electron chi connectivity index (χ1n) is 9.12. The number of halogens is 2. The molecule has 0 radical (unpaired) electrons. The van der Waals surface area contributed by atoms with Crippen LogP contribution >= 0.6 is 27.7 Å². The molecule has 1 aliphatic heterocycles. The monoisotopic (exact) mass is 478 g/mol. The Morgan fingerprint density at radius 1 is 1.17 bits per heavy atom. The molecule has 0 saturated carbocycles. The fourth-order valence-electron chi connectivity index (χ4n) is 2.99. The molecule has 152 valence electrons. The summed E-state index contributed by atoms with van der Waals surface area (Å²) in [4.78, 5) is 24.3. The van der Waals surface area contributed by atoms with Crippen molar-refractivity contribution in [2.45, 2.75) is 19.4 Å². The Labute approximate surface area is 181 Å². The molecule has 0 aromatic heterocycles. The molecule has 1 atom stereocenters. The first-order valence-corrected chi connectivity index (χ1v) is 11.1. The number of ether oxygens (including phenoxy) is 1. The molecule has 0 spiro atoms. The molecule has 2 aromatic rings. The van der Waals surface area contributed by atoms with Crippen LogP contribution in [0.5, 0.6) is 0 Å². The maximum atomic E-state index is 13.4. The molecule has 29 heavy (non-hydrogen) atoms. The Bertz CT molecular complexity index is 903. The highest BCUT2D eigenvalue weighted by Crippen LogP contribution is 2.33. The number of amides is 1. The minimum absolute atomic E-state index is 0.105. The molecule has 5 nitrogen and oxygen atoms in total. The van der Waals surface area contributed by atoms with E-state index in [9.17, 15) is 14.0 Å². The van der Waals surface area contributed by atoms with Crippen LogP contribution < -0.4 is 0 Å². The number of carbonyl (C=O) groups excluding carboxylic acids is 2. The number of thioether (sulfide) groups is 1. The third kappa shape index (κ3) is 5.67. The second kappa shape index (κ2) is 10.0. The summed E-state index contributed by atoms with van der Waals surface area (Å²) in [7, 11) is 0. The van der Waals surface area contributed by atoms with Crippen LogP contribution in [0, 0.1) is 5.82 Å². The Morgan fingerprint density at radius 3 is 2.52 bits per heavy atom. The fraction of sp³-hybridized carbons (Fsp3) is 0.286. The van der Waals surface area contributed by atoms with Crippen LogP contribution in [0.25, 0.3) is 0 Å². The van der Waals surface area contributed by atoms with E-state index in [1.807, 2.05) is 24.3 Å². The number of hydrogen-bond acceptors (Lipinski definition) is 5. The third-order valence-electron chi connectivity index (χ3n) is 4.35. The van der Waals surface area contributed by atoms with E-state index in [-0.39, 0.29) is 35.2 Å². The second-order valence-electron chi connectivity index (χ2n) is 6.36. The van der Waals surface area contributed by atoms with Crippen molar-refractivity contribution >= 4 is 45.3 Å². The van der Waals surface area contributed by atoms with Crippen molar-refractivity contribution in [1.29, 1.82) is 0 Å². The first-order chi connectivity index (χ1) is 14.0. The van der Waals surface area contributed by atoms with Gasteiger partial charge in [0.2, 0.25) is 0 Å². The molecular formula is C21H20BrFN2O3S. The molecule has 0 saturated heterocycles. The number of hydrogen-bond donors (Lipinski definition) is 0. The number of hydrazone groups is 1. The van der Waals surface area contributed by atoms with Crippen LogP contribution in [-0.4, -0.2) is 40.7 Å². The highest BCUT2D eigenvalue weighted by Gasteiger charge is 2.33. The van der Waals surface area contributed by atoms with Crippen molar-refractivity contribution in [2.75, 3.05) is 18.1 Å². The molecule has 0 fully saturated rings. The predicted octanol–water partition coefficient (Wildman–Crippen LogP) is 4.56. The van der Waals surface area contributed by atoms with Crippen LogP contribution in [0.4, 0.5) is 4.39 Å². The number of rotatable bonds is 7. The summed E-state index contributed by atoms with van der Waals surface area (Å²) in [6.45, 7) is 2.05. The summed E-state index contributed by atoms with van der Waals surface area (Å²) in [5.74, 6) is -0.670. The highest BCUT2D eigenvalue weighted by molar-refractivity contribution is 9.10. The summed E-state index contributed by atoms with van der Waals surface area (Å²) >= 11 is 4.61. The van der Waals surface area contributed by atoms with Gasteiger partial charge in [-0.15, -0.1) is 11.8 Å². The summed E-state index contributed by atoms with van der Waals surface area (Å²) in [6.07, 6.45) is 0.529. The molecule has 8 heteroatoms. The molecule has 0 unspecified atom stereocenters. The normalized spacial score (nSPS) is 15.9. The van der Waals surface area contributed by atoms with Gasteiger partial charge in [-0.2, -0.15) is 5.10 Å². The molecule has 0 bridgehead atoms. The Balaban J connectivity index is 1.77. The quantitative estimate of drug-likeness (QED) is 0.547. The average molecular weight is 479 g/mol. The van der Waals surface area contributed by atoms with Gasteiger partial charge in [-0.3, -0.25) is 9.59 Å². The summed E-state index contributed by atoms with van der Waals surface area (Å²) < 4.78 is 19.2. The second-order valence-corrected chi connectivity index (χ2v) is 8.26. The largest absolute Gasteiger partial charge is 0.465 e. The van der Waals surface area contributed by atoms with Crippen LogP contribution in [0.2, 0.25) is 0 Å². The number of carbonyl (C=O) groups is 2. The lowest BCUT2D eigenvalue weighted by Gasteiger charge is -2.22. The van der Waals surface area contributed by atoms with E-state index in [4.69, 9.17) is 4.74 Å². The van der Waals surface area contributed by atoms with E-state index in [2.05, 4.69) is 21.0 Å². The Kier molecular flexibility index (Phi) is 7.44. The van der Waals surface area contributed by atoms with Gasteiger partial charge in [-0.25, -0.2) is 9.40 Å². The molecule has 1 heterocycles. The molecule has 0 N–H and O–H groups in total. The minimum Gasteiger partial charge on any atom is -0.465 e. The molecular weight excluding hydrogens is 459 g/mol. The maximum Gasteiger partial charge on any atom is 0.315 e. The van der Waals surface area contributed by atoms with E-state index in [0.29, 0.717) is 13.0 Å². The van der Waals surface area contributed by atoms with Gasteiger partial charge >= 0.3 is 5.97 Å². The van der Waals surface area contributed by atoms with Crippen LogP contribution in [-0.2, 0) is 14.3 Å². The van der Waals surface area contributed by atoms with Crippen molar-refractivity contribution < 1.29 is 18.7 Å². The summed E-state index contributed by atoms with van der Waals surface area (Å²) in [5.41, 5.74) is 2.52. The molecule has 3 rings (SSSR count). The van der Waals surface area contributed by atoms with E-state index in [1.165, 1.54) is 28.9 Å².